The van der Waals surface area contributed by atoms with Crippen molar-refractivity contribution >= 4 is 17.6 Å². The minimum atomic E-state index is -1.10. The quantitative estimate of drug-likeness (QED) is 0.773. The SMILES string of the molecule is Cc1cc(NCc2ccc(C(=O)O)o2)ccc1C(N)=O. The van der Waals surface area contributed by atoms with Gasteiger partial charge in [-0.05, 0) is 42.8 Å². The van der Waals surface area contributed by atoms with E-state index in [1.54, 1.807) is 31.2 Å². The van der Waals surface area contributed by atoms with Crippen molar-refractivity contribution in [1.29, 1.82) is 0 Å². The summed E-state index contributed by atoms with van der Waals surface area (Å²) in [5.41, 5.74) is 7.27. The second-order valence-corrected chi connectivity index (χ2v) is 4.32. The van der Waals surface area contributed by atoms with Crippen molar-refractivity contribution in [3.63, 3.8) is 0 Å². The maximum absolute atomic E-state index is 11.1. The summed E-state index contributed by atoms with van der Waals surface area (Å²) < 4.78 is 5.12. The standard InChI is InChI=1S/C14H14N2O4/c1-8-6-9(2-4-11(8)13(15)17)16-7-10-3-5-12(20-10)14(18)19/h2-6,16H,7H2,1H3,(H2,15,17)(H,18,19). The molecule has 1 aromatic heterocycles. The topological polar surface area (TPSA) is 106 Å². The van der Waals surface area contributed by atoms with Crippen LogP contribution in [0.4, 0.5) is 5.69 Å². The highest BCUT2D eigenvalue weighted by atomic mass is 16.4. The molecule has 104 valence electrons. The number of amides is 1. The number of aromatic carboxylic acids is 1. The predicted molar refractivity (Wildman–Crippen MR) is 72.7 cm³/mol. The van der Waals surface area contributed by atoms with E-state index in [2.05, 4.69) is 5.32 Å². The fourth-order valence-electron chi connectivity index (χ4n) is 1.83. The molecule has 0 spiro atoms. The van der Waals surface area contributed by atoms with E-state index in [4.69, 9.17) is 15.3 Å². The molecule has 0 atom stereocenters. The Bertz CT molecular complexity index is 661. The number of furan rings is 1. The van der Waals surface area contributed by atoms with Crippen molar-refractivity contribution < 1.29 is 19.1 Å². The van der Waals surface area contributed by atoms with Gasteiger partial charge in [0.25, 0.3) is 0 Å². The summed E-state index contributed by atoms with van der Waals surface area (Å²) in [6, 6.07) is 8.17. The van der Waals surface area contributed by atoms with Gasteiger partial charge < -0.3 is 20.6 Å². The molecule has 20 heavy (non-hydrogen) atoms. The maximum atomic E-state index is 11.1. The molecule has 6 heteroatoms. The van der Waals surface area contributed by atoms with Gasteiger partial charge in [-0.2, -0.15) is 0 Å². The van der Waals surface area contributed by atoms with Gasteiger partial charge in [-0.1, -0.05) is 0 Å². The minimum absolute atomic E-state index is 0.0953. The first-order valence-electron chi connectivity index (χ1n) is 5.93. The van der Waals surface area contributed by atoms with Crippen LogP contribution >= 0.6 is 0 Å². The third-order valence-corrected chi connectivity index (χ3v) is 2.83. The first-order valence-corrected chi connectivity index (χ1v) is 5.93. The number of rotatable bonds is 5. The lowest BCUT2D eigenvalue weighted by Gasteiger charge is -2.07. The molecule has 1 amide bonds. The summed E-state index contributed by atoms with van der Waals surface area (Å²) >= 11 is 0. The van der Waals surface area contributed by atoms with Gasteiger partial charge in [0.15, 0.2) is 0 Å². The van der Waals surface area contributed by atoms with E-state index in [9.17, 15) is 9.59 Å². The van der Waals surface area contributed by atoms with Crippen molar-refractivity contribution in [2.45, 2.75) is 13.5 Å². The lowest BCUT2D eigenvalue weighted by molar-refractivity contribution is 0.0660. The Morgan fingerprint density at radius 3 is 2.60 bits per heavy atom. The monoisotopic (exact) mass is 274 g/mol. The Balaban J connectivity index is 2.05. The molecule has 0 saturated heterocycles. The molecule has 0 radical (unpaired) electrons. The molecule has 0 fully saturated rings. The first-order chi connectivity index (χ1) is 9.47. The second kappa shape index (κ2) is 5.48. The molecule has 2 aromatic rings. The van der Waals surface area contributed by atoms with Gasteiger partial charge >= 0.3 is 5.97 Å². The molecular formula is C14H14N2O4. The zero-order chi connectivity index (χ0) is 14.7. The zero-order valence-electron chi connectivity index (χ0n) is 10.8. The van der Waals surface area contributed by atoms with Crippen molar-refractivity contribution in [2.24, 2.45) is 5.73 Å². The fraction of sp³-hybridized carbons (Fsp3) is 0.143. The van der Waals surface area contributed by atoms with Crippen LogP contribution in [0, 0.1) is 6.92 Å². The minimum Gasteiger partial charge on any atom is -0.475 e. The number of hydrogen-bond donors (Lipinski definition) is 3. The second-order valence-electron chi connectivity index (χ2n) is 4.32. The van der Waals surface area contributed by atoms with Crippen molar-refractivity contribution in [2.75, 3.05) is 5.32 Å². The highest BCUT2D eigenvalue weighted by Crippen LogP contribution is 2.16. The molecule has 0 aliphatic heterocycles. The number of anilines is 1. The normalized spacial score (nSPS) is 10.2. The smallest absolute Gasteiger partial charge is 0.371 e. The molecular weight excluding hydrogens is 260 g/mol. The summed E-state index contributed by atoms with van der Waals surface area (Å²) in [7, 11) is 0. The van der Waals surface area contributed by atoms with E-state index < -0.39 is 11.9 Å². The number of carbonyl (C=O) groups is 2. The fourth-order valence-corrected chi connectivity index (χ4v) is 1.83. The summed E-state index contributed by atoms with van der Waals surface area (Å²) in [6.07, 6.45) is 0. The molecule has 4 N–H and O–H groups in total. The highest BCUT2D eigenvalue weighted by molar-refractivity contribution is 5.94. The van der Waals surface area contributed by atoms with Gasteiger partial charge in [0.05, 0.1) is 6.54 Å². The molecule has 0 aliphatic carbocycles. The van der Waals surface area contributed by atoms with Crippen molar-refractivity contribution in [3.8, 4) is 0 Å². The number of hydrogen-bond acceptors (Lipinski definition) is 4. The molecule has 2 rings (SSSR count). The number of benzene rings is 1. The predicted octanol–water partition coefficient (Wildman–Crippen LogP) is 2.00. The Morgan fingerprint density at radius 2 is 2.05 bits per heavy atom. The Hall–Kier alpha value is -2.76. The third kappa shape index (κ3) is 2.97. The number of primary amides is 1. The average molecular weight is 274 g/mol. The van der Waals surface area contributed by atoms with E-state index in [0.29, 0.717) is 17.9 Å². The van der Waals surface area contributed by atoms with E-state index in [1.165, 1.54) is 6.07 Å². The van der Waals surface area contributed by atoms with Crippen LogP contribution < -0.4 is 11.1 Å². The van der Waals surface area contributed by atoms with Gasteiger partial charge in [-0.3, -0.25) is 4.79 Å². The van der Waals surface area contributed by atoms with Crippen LogP contribution in [-0.2, 0) is 6.54 Å². The summed E-state index contributed by atoms with van der Waals surface area (Å²) in [5, 5.41) is 11.8. The highest BCUT2D eigenvalue weighted by Gasteiger charge is 2.09. The summed E-state index contributed by atoms with van der Waals surface area (Å²) in [5.74, 6) is -1.15. The lowest BCUT2D eigenvalue weighted by atomic mass is 10.1. The summed E-state index contributed by atoms with van der Waals surface area (Å²) in [6.45, 7) is 2.14. The van der Waals surface area contributed by atoms with Crippen LogP contribution in [-0.4, -0.2) is 17.0 Å². The van der Waals surface area contributed by atoms with Gasteiger partial charge in [-0.25, -0.2) is 4.79 Å². The number of carboxylic acids is 1. The Morgan fingerprint density at radius 1 is 1.30 bits per heavy atom. The number of carboxylic acid groups (broad SMARTS) is 1. The molecule has 6 nitrogen and oxygen atoms in total. The van der Waals surface area contributed by atoms with E-state index in [1.807, 2.05) is 0 Å². The zero-order valence-corrected chi connectivity index (χ0v) is 10.8. The largest absolute Gasteiger partial charge is 0.475 e. The van der Waals surface area contributed by atoms with E-state index in [-0.39, 0.29) is 5.76 Å². The van der Waals surface area contributed by atoms with Crippen LogP contribution in [0.5, 0.6) is 0 Å². The first kappa shape index (κ1) is 13.7. The van der Waals surface area contributed by atoms with Crippen LogP contribution in [0.1, 0.15) is 32.2 Å². The van der Waals surface area contributed by atoms with Crippen molar-refractivity contribution in [1.82, 2.24) is 0 Å². The van der Waals surface area contributed by atoms with Gasteiger partial charge in [-0.15, -0.1) is 0 Å². The summed E-state index contributed by atoms with van der Waals surface area (Å²) in [4.78, 5) is 21.8. The Kier molecular flexibility index (Phi) is 3.74. The molecule has 0 bridgehead atoms. The molecule has 0 saturated carbocycles. The third-order valence-electron chi connectivity index (χ3n) is 2.83. The molecule has 1 heterocycles. The van der Waals surface area contributed by atoms with Crippen LogP contribution in [0.2, 0.25) is 0 Å². The average Bonchev–Trinajstić information content (AvgIpc) is 2.85. The van der Waals surface area contributed by atoms with Crippen molar-refractivity contribution in [3.05, 3.63) is 53.0 Å². The number of aryl methyl sites for hydroxylation is 1. The van der Waals surface area contributed by atoms with Gasteiger partial charge in [0.2, 0.25) is 11.7 Å². The van der Waals surface area contributed by atoms with Crippen LogP contribution in [0.25, 0.3) is 0 Å². The Labute approximate surface area is 115 Å². The van der Waals surface area contributed by atoms with E-state index in [0.717, 1.165) is 11.3 Å². The van der Waals surface area contributed by atoms with Gasteiger partial charge in [0.1, 0.15) is 5.76 Å². The lowest BCUT2D eigenvalue weighted by Crippen LogP contribution is -2.12. The molecule has 0 aliphatic rings. The molecule has 1 aromatic carbocycles. The number of nitrogens with one attached hydrogen (secondary N) is 1. The van der Waals surface area contributed by atoms with Crippen LogP contribution in [0.3, 0.4) is 0 Å². The van der Waals surface area contributed by atoms with E-state index >= 15 is 0 Å². The maximum Gasteiger partial charge on any atom is 0.371 e. The molecule has 0 unspecified atom stereocenters. The van der Waals surface area contributed by atoms with Crippen LogP contribution in [0.15, 0.2) is 34.7 Å². The number of carbonyl (C=O) groups excluding carboxylic acids is 1. The van der Waals surface area contributed by atoms with Gasteiger partial charge in [0, 0.05) is 11.3 Å². The number of nitrogens with two attached hydrogens (primary N) is 1.